The second kappa shape index (κ2) is 3.55. The Kier molecular flexibility index (Phi) is 2.24. The highest BCUT2D eigenvalue weighted by Gasteiger charge is 2.33. The van der Waals surface area contributed by atoms with Gasteiger partial charge in [-0.2, -0.15) is 0 Å². The predicted octanol–water partition coefficient (Wildman–Crippen LogP) is 1.13. The summed E-state index contributed by atoms with van der Waals surface area (Å²) in [6.45, 7) is 5.56. The molecule has 1 saturated heterocycles. The summed E-state index contributed by atoms with van der Waals surface area (Å²) in [5, 5.41) is 13.7. The van der Waals surface area contributed by atoms with Gasteiger partial charge in [0.15, 0.2) is 0 Å². The van der Waals surface area contributed by atoms with Crippen molar-refractivity contribution >= 4 is 5.65 Å². The molecular weight excluding hydrogens is 214 g/mol. The zero-order chi connectivity index (χ0) is 12.0. The molecule has 4 heteroatoms. The van der Waals surface area contributed by atoms with Crippen LogP contribution in [-0.2, 0) is 5.60 Å². The van der Waals surface area contributed by atoms with Crippen LogP contribution < -0.4 is 5.32 Å². The lowest BCUT2D eigenvalue weighted by atomic mass is 9.95. The van der Waals surface area contributed by atoms with E-state index in [4.69, 9.17) is 0 Å². The van der Waals surface area contributed by atoms with E-state index in [1.165, 1.54) is 0 Å². The number of nitrogens with one attached hydrogen (secondary N) is 1. The Hall–Kier alpha value is -1.39. The fourth-order valence-corrected chi connectivity index (χ4v) is 2.48. The second-order valence-electron chi connectivity index (χ2n) is 4.89. The molecule has 1 aliphatic heterocycles. The lowest BCUT2D eigenvalue weighted by Crippen LogP contribution is -2.28. The highest BCUT2D eigenvalue weighted by Crippen LogP contribution is 2.28. The van der Waals surface area contributed by atoms with E-state index in [2.05, 4.69) is 21.6 Å². The first-order valence-electron chi connectivity index (χ1n) is 5.99. The van der Waals surface area contributed by atoms with Crippen LogP contribution in [0.15, 0.2) is 18.3 Å². The average molecular weight is 231 g/mol. The number of nitrogens with zero attached hydrogens (tertiary/aromatic N) is 2. The van der Waals surface area contributed by atoms with Gasteiger partial charge in [-0.1, -0.05) is 6.07 Å². The van der Waals surface area contributed by atoms with E-state index < -0.39 is 5.60 Å². The van der Waals surface area contributed by atoms with Gasteiger partial charge in [0.05, 0.1) is 5.69 Å². The predicted molar refractivity (Wildman–Crippen MR) is 66.0 cm³/mol. The van der Waals surface area contributed by atoms with Crippen LogP contribution >= 0.6 is 0 Å². The minimum Gasteiger partial charge on any atom is -0.384 e. The number of rotatable bonds is 1. The number of fused-ring (bicyclic) bond motifs is 1. The maximum atomic E-state index is 10.5. The molecule has 2 aromatic heterocycles. The lowest BCUT2D eigenvalue weighted by Gasteiger charge is -2.21. The molecule has 1 aliphatic rings. The standard InChI is InChI=1S/C13H17N3O/c1-9-10(2)16-7-11(3-4-12(16)15-9)13(17)5-6-14-8-13/h3-4,7,14,17H,5-6,8H2,1-2H3. The normalized spacial score (nSPS) is 24.6. The van der Waals surface area contributed by atoms with Crippen molar-refractivity contribution in [3.8, 4) is 0 Å². The Labute approximate surface area is 100 Å². The zero-order valence-electron chi connectivity index (χ0n) is 10.2. The third-order valence-electron chi connectivity index (χ3n) is 3.76. The van der Waals surface area contributed by atoms with Crippen LogP contribution in [0.4, 0.5) is 0 Å². The summed E-state index contributed by atoms with van der Waals surface area (Å²) < 4.78 is 2.06. The molecule has 0 bridgehead atoms. The van der Waals surface area contributed by atoms with Crippen molar-refractivity contribution in [3.05, 3.63) is 35.3 Å². The van der Waals surface area contributed by atoms with Gasteiger partial charge >= 0.3 is 0 Å². The van der Waals surface area contributed by atoms with Crippen LogP contribution in [0.2, 0.25) is 0 Å². The van der Waals surface area contributed by atoms with Crippen molar-refractivity contribution in [2.24, 2.45) is 0 Å². The van der Waals surface area contributed by atoms with Gasteiger partial charge in [-0.25, -0.2) is 4.98 Å². The minimum atomic E-state index is -0.723. The molecule has 1 atom stereocenters. The van der Waals surface area contributed by atoms with Crippen LogP contribution in [0.25, 0.3) is 5.65 Å². The molecule has 0 aliphatic carbocycles. The molecule has 3 rings (SSSR count). The quantitative estimate of drug-likeness (QED) is 0.773. The first-order valence-corrected chi connectivity index (χ1v) is 5.99. The Morgan fingerprint density at radius 2 is 2.24 bits per heavy atom. The number of aliphatic hydroxyl groups is 1. The molecule has 0 radical (unpaired) electrons. The molecule has 1 fully saturated rings. The van der Waals surface area contributed by atoms with E-state index >= 15 is 0 Å². The van der Waals surface area contributed by atoms with E-state index in [0.29, 0.717) is 6.54 Å². The number of aromatic nitrogens is 2. The molecule has 0 aromatic carbocycles. The van der Waals surface area contributed by atoms with Crippen molar-refractivity contribution in [1.29, 1.82) is 0 Å². The fraction of sp³-hybridized carbons (Fsp3) is 0.462. The highest BCUT2D eigenvalue weighted by atomic mass is 16.3. The van der Waals surface area contributed by atoms with Gasteiger partial charge in [0.1, 0.15) is 11.2 Å². The number of imidazole rings is 1. The third kappa shape index (κ3) is 1.56. The molecule has 0 saturated carbocycles. The number of β-amino-alcohol motifs (C(OH)–C–C–N with tert-alkyl or cyclic N) is 1. The fourth-order valence-electron chi connectivity index (χ4n) is 2.48. The SMILES string of the molecule is Cc1nc2ccc(C3(O)CCNC3)cn2c1C. The molecule has 2 N–H and O–H groups in total. The summed E-state index contributed by atoms with van der Waals surface area (Å²) in [6.07, 6.45) is 2.78. The summed E-state index contributed by atoms with van der Waals surface area (Å²) in [5.74, 6) is 0. The van der Waals surface area contributed by atoms with Crippen LogP contribution in [0.5, 0.6) is 0 Å². The van der Waals surface area contributed by atoms with Crippen LogP contribution in [0, 0.1) is 13.8 Å². The van der Waals surface area contributed by atoms with Crippen molar-refractivity contribution in [2.45, 2.75) is 25.9 Å². The molecular formula is C13H17N3O. The van der Waals surface area contributed by atoms with E-state index in [0.717, 1.165) is 35.6 Å². The van der Waals surface area contributed by atoms with Crippen LogP contribution in [-0.4, -0.2) is 27.6 Å². The van der Waals surface area contributed by atoms with Gasteiger partial charge in [-0.15, -0.1) is 0 Å². The number of pyridine rings is 1. The largest absolute Gasteiger partial charge is 0.384 e. The van der Waals surface area contributed by atoms with E-state index in [9.17, 15) is 5.11 Å². The van der Waals surface area contributed by atoms with Crippen molar-refractivity contribution in [1.82, 2.24) is 14.7 Å². The Morgan fingerprint density at radius 3 is 2.94 bits per heavy atom. The molecule has 0 spiro atoms. The minimum absolute atomic E-state index is 0.630. The van der Waals surface area contributed by atoms with Gasteiger partial charge in [0.25, 0.3) is 0 Å². The summed E-state index contributed by atoms with van der Waals surface area (Å²) in [7, 11) is 0. The topological polar surface area (TPSA) is 49.6 Å². The summed E-state index contributed by atoms with van der Waals surface area (Å²) in [5.41, 5.74) is 3.36. The highest BCUT2D eigenvalue weighted by molar-refractivity contribution is 5.45. The first kappa shape index (κ1) is 10.7. The third-order valence-corrected chi connectivity index (χ3v) is 3.76. The van der Waals surface area contributed by atoms with E-state index in [1.807, 2.05) is 25.3 Å². The monoisotopic (exact) mass is 231 g/mol. The molecule has 0 amide bonds. The molecule has 1 unspecified atom stereocenters. The number of hydrogen-bond donors (Lipinski definition) is 2. The Balaban J connectivity index is 2.15. The van der Waals surface area contributed by atoms with Gasteiger partial charge in [-0.3, -0.25) is 0 Å². The second-order valence-corrected chi connectivity index (χ2v) is 4.89. The maximum absolute atomic E-state index is 10.5. The van der Waals surface area contributed by atoms with Crippen molar-refractivity contribution < 1.29 is 5.11 Å². The number of hydrogen-bond acceptors (Lipinski definition) is 3. The summed E-state index contributed by atoms with van der Waals surface area (Å²) in [4.78, 5) is 4.47. The van der Waals surface area contributed by atoms with Gasteiger partial charge in [0, 0.05) is 24.0 Å². The lowest BCUT2D eigenvalue weighted by molar-refractivity contribution is 0.0583. The molecule has 3 heterocycles. The molecule has 90 valence electrons. The van der Waals surface area contributed by atoms with Crippen molar-refractivity contribution in [3.63, 3.8) is 0 Å². The first-order chi connectivity index (χ1) is 8.10. The van der Waals surface area contributed by atoms with Gasteiger partial charge < -0.3 is 14.8 Å². The summed E-state index contributed by atoms with van der Waals surface area (Å²) in [6, 6.07) is 3.96. The van der Waals surface area contributed by atoms with Gasteiger partial charge in [0.2, 0.25) is 0 Å². The Morgan fingerprint density at radius 1 is 1.41 bits per heavy atom. The van der Waals surface area contributed by atoms with Gasteiger partial charge in [-0.05, 0) is 32.9 Å². The van der Waals surface area contributed by atoms with Crippen LogP contribution in [0.3, 0.4) is 0 Å². The maximum Gasteiger partial charge on any atom is 0.137 e. The average Bonchev–Trinajstić information content (AvgIpc) is 2.86. The smallest absolute Gasteiger partial charge is 0.137 e. The molecule has 2 aromatic rings. The molecule has 4 nitrogen and oxygen atoms in total. The summed E-state index contributed by atoms with van der Waals surface area (Å²) >= 11 is 0. The molecule has 17 heavy (non-hydrogen) atoms. The Bertz CT molecular complexity index is 567. The number of aryl methyl sites for hydroxylation is 2. The van der Waals surface area contributed by atoms with Crippen LogP contribution in [0.1, 0.15) is 23.4 Å². The van der Waals surface area contributed by atoms with E-state index in [-0.39, 0.29) is 0 Å². The zero-order valence-corrected chi connectivity index (χ0v) is 10.2. The van der Waals surface area contributed by atoms with E-state index in [1.54, 1.807) is 0 Å². The van der Waals surface area contributed by atoms with Crippen molar-refractivity contribution in [2.75, 3.05) is 13.1 Å².